The third-order valence-electron chi connectivity index (χ3n) is 8.02. The van der Waals surface area contributed by atoms with Crippen LogP contribution in [0, 0.1) is 5.82 Å². The predicted molar refractivity (Wildman–Crippen MR) is 190 cm³/mol. The van der Waals surface area contributed by atoms with E-state index in [1.54, 1.807) is 24.3 Å². The molecule has 0 aliphatic rings. The summed E-state index contributed by atoms with van der Waals surface area (Å²) in [5, 5.41) is 2.95. The SMILES string of the molecule is CCCCNC(=O)C(Cc1ccccc1)N(Cc1ccc(F)cc1)C(=O)CN(c1ccc(OCC)cc1)S(=O)(=O)c1ccc(OC)c(OC)c1. The standard InChI is InChI=1S/C38H44FN3O7S/c1-5-7-23-40-38(44)34(24-28-11-9-8-10-12-28)41(26-29-13-15-30(39)16-14-29)37(43)27-42(31-17-19-32(20-18-31)49-6-2)50(45,46)33-21-22-35(47-3)36(25-33)48-4/h8-22,25,34H,5-7,23-24,26-27H2,1-4H3,(H,40,44). The molecule has 266 valence electrons. The van der Waals surface area contributed by atoms with Crippen molar-refractivity contribution in [1.82, 2.24) is 10.2 Å². The molecule has 0 bridgehead atoms. The third-order valence-corrected chi connectivity index (χ3v) is 9.79. The Hall–Kier alpha value is -5.10. The van der Waals surface area contributed by atoms with Crippen LogP contribution in [0.3, 0.4) is 0 Å². The van der Waals surface area contributed by atoms with Gasteiger partial charge in [-0.1, -0.05) is 55.8 Å². The smallest absolute Gasteiger partial charge is 0.264 e. The molecule has 0 aliphatic carbocycles. The highest BCUT2D eigenvalue weighted by Gasteiger charge is 2.35. The van der Waals surface area contributed by atoms with Gasteiger partial charge in [0.15, 0.2) is 11.5 Å². The maximum Gasteiger partial charge on any atom is 0.264 e. The molecular weight excluding hydrogens is 661 g/mol. The van der Waals surface area contributed by atoms with Crippen LogP contribution in [0.15, 0.2) is 102 Å². The van der Waals surface area contributed by atoms with Crippen molar-refractivity contribution in [1.29, 1.82) is 0 Å². The van der Waals surface area contributed by atoms with Crippen molar-refractivity contribution in [2.75, 3.05) is 38.2 Å². The van der Waals surface area contributed by atoms with Gasteiger partial charge in [-0.2, -0.15) is 0 Å². The fraction of sp³-hybridized carbons (Fsp3) is 0.316. The summed E-state index contributed by atoms with van der Waals surface area (Å²) in [6.45, 7) is 3.93. The molecule has 0 saturated carbocycles. The predicted octanol–water partition coefficient (Wildman–Crippen LogP) is 5.99. The van der Waals surface area contributed by atoms with Crippen molar-refractivity contribution in [3.8, 4) is 17.2 Å². The Bertz CT molecular complexity index is 1800. The molecule has 0 fully saturated rings. The van der Waals surface area contributed by atoms with Gasteiger partial charge in [-0.25, -0.2) is 12.8 Å². The van der Waals surface area contributed by atoms with E-state index in [4.69, 9.17) is 14.2 Å². The van der Waals surface area contributed by atoms with E-state index in [2.05, 4.69) is 5.32 Å². The van der Waals surface area contributed by atoms with Crippen LogP contribution in [0.5, 0.6) is 17.2 Å². The first-order valence-corrected chi connectivity index (χ1v) is 17.9. The van der Waals surface area contributed by atoms with Gasteiger partial charge >= 0.3 is 0 Å². The monoisotopic (exact) mass is 705 g/mol. The first-order valence-electron chi connectivity index (χ1n) is 16.4. The number of rotatable bonds is 18. The van der Waals surface area contributed by atoms with Crippen LogP contribution in [-0.2, 0) is 32.6 Å². The molecule has 4 aromatic rings. The number of hydrogen-bond donors (Lipinski definition) is 1. The molecule has 4 aromatic carbocycles. The number of amides is 2. The Kier molecular flexibility index (Phi) is 13.6. The van der Waals surface area contributed by atoms with Crippen LogP contribution in [0.1, 0.15) is 37.8 Å². The second-order valence-corrected chi connectivity index (χ2v) is 13.3. The summed E-state index contributed by atoms with van der Waals surface area (Å²) in [5.41, 5.74) is 1.57. The van der Waals surface area contributed by atoms with Crippen molar-refractivity contribution in [3.05, 3.63) is 114 Å². The van der Waals surface area contributed by atoms with E-state index in [1.165, 1.54) is 61.6 Å². The van der Waals surface area contributed by atoms with E-state index in [1.807, 2.05) is 44.2 Å². The van der Waals surface area contributed by atoms with Gasteiger partial charge in [-0.3, -0.25) is 13.9 Å². The molecule has 4 rings (SSSR count). The molecule has 0 aliphatic heterocycles. The van der Waals surface area contributed by atoms with Crippen molar-refractivity contribution in [2.45, 2.75) is 50.6 Å². The first-order chi connectivity index (χ1) is 24.1. The maximum atomic E-state index is 14.6. The van der Waals surface area contributed by atoms with Crippen LogP contribution in [-0.4, -0.2) is 65.1 Å². The molecule has 1 unspecified atom stereocenters. The van der Waals surface area contributed by atoms with Gasteiger partial charge in [0, 0.05) is 25.6 Å². The molecule has 0 heterocycles. The normalized spacial score (nSPS) is 11.7. The largest absolute Gasteiger partial charge is 0.494 e. The van der Waals surface area contributed by atoms with E-state index in [-0.39, 0.29) is 35.2 Å². The molecule has 50 heavy (non-hydrogen) atoms. The maximum absolute atomic E-state index is 14.6. The number of unbranched alkanes of at least 4 members (excludes halogenated alkanes) is 1. The molecule has 2 amide bonds. The zero-order valence-electron chi connectivity index (χ0n) is 28.8. The quantitative estimate of drug-likeness (QED) is 0.127. The number of nitrogens with zero attached hydrogens (tertiary/aromatic N) is 2. The Morgan fingerprint density at radius 1 is 0.840 bits per heavy atom. The summed E-state index contributed by atoms with van der Waals surface area (Å²) in [6, 6.07) is 24.4. The Morgan fingerprint density at radius 2 is 1.52 bits per heavy atom. The average Bonchev–Trinajstić information content (AvgIpc) is 3.13. The van der Waals surface area contributed by atoms with Gasteiger partial charge < -0.3 is 24.4 Å². The minimum Gasteiger partial charge on any atom is -0.494 e. The fourth-order valence-electron chi connectivity index (χ4n) is 5.35. The zero-order valence-corrected chi connectivity index (χ0v) is 29.6. The highest BCUT2D eigenvalue weighted by Crippen LogP contribution is 2.33. The van der Waals surface area contributed by atoms with Crippen LogP contribution >= 0.6 is 0 Å². The molecule has 0 radical (unpaired) electrons. The molecule has 0 spiro atoms. The minimum absolute atomic E-state index is 0.0780. The molecule has 12 heteroatoms. The number of benzene rings is 4. The first kappa shape index (κ1) is 37.7. The van der Waals surface area contributed by atoms with Gasteiger partial charge in [0.1, 0.15) is 24.2 Å². The van der Waals surface area contributed by atoms with E-state index in [0.717, 1.165) is 22.7 Å². The number of ether oxygens (including phenoxy) is 3. The number of nitrogens with one attached hydrogen (secondary N) is 1. The van der Waals surface area contributed by atoms with Gasteiger partial charge in [0.25, 0.3) is 10.0 Å². The van der Waals surface area contributed by atoms with Gasteiger partial charge in [0.05, 0.1) is 31.4 Å². The molecular formula is C38H44FN3O7S. The van der Waals surface area contributed by atoms with Crippen LogP contribution in [0.4, 0.5) is 10.1 Å². The lowest BCUT2D eigenvalue weighted by Gasteiger charge is -2.34. The number of sulfonamides is 1. The van der Waals surface area contributed by atoms with Crippen molar-refractivity contribution in [3.63, 3.8) is 0 Å². The Balaban J connectivity index is 1.82. The topological polar surface area (TPSA) is 114 Å². The molecule has 10 nitrogen and oxygen atoms in total. The number of hydrogen-bond acceptors (Lipinski definition) is 7. The van der Waals surface area contributed by atoms with E-state index in [0.29, 0.717) is 30.2 Å². The van der Waals surface area contributed by atoms with Gasteiger partial charge in [-0.15, -0.1) is 0 Å². The van der Waals surface area contributed by atoms with Crippen molar-refractivity contribution < 1.29 is 36.6 Å². The Labute approximate surface area is 293 Å². The summed E-state index contributed by atoms with van der Waals surface area (Å²) in [5.74, 6) is -0.426. The summed E-state index contributed by atoms with van der Waals surface area (Å²) >= 11 is 0. The lowest BCUT2D eigenvalue weighted by molar-refractivity contribution is -0.140. The highest BCUT2D eigenvalue weighted by molar-refractivity contribution is 7.92. The van der Waals surface area contributed by atoms with E-state index < -0.39 is 34.3 Å². The summed E-state index contributed by atoms with van der Waals surface area (Å²) in [6.07, 6.45) is 1.76. The van der Waals surface area contributed by atoms with Gasteiger partial charge in [0.2, 0.25) is 11.8 Å². The summed E-state index contributed by atoms with van der Waals surface area (Å²) < 4.78 is 60.1. The molecule has 0 saturated heterocycles. The van der Waals surface area contributed by atoms with Crippen LogP contribution in [0.2, 0.25) is 0 Å². The Morgan fingerprint density at radius 3 is 2.14 bits per heavy atom. The number of carbonyl (C=O) groups excluding carboxylic acids is 2. The van der Waals surface area contributed by atoms with Crippen LogP contribution in [0.25, 0.3) is 0 Å². The number of carbonyl (C=O) groups is 2. The highest BCUT2D eigenvalue weighted by atomic mass is 32.2. The zero-order chi connectivity index (χ0) is 36.1. The van der Waals surface area contributed by atoms with E-state index >= 15 is 0 Å². The molecule has 1 N–H and O–H groups in total. The summed E-state index contributed by atoms with van der Waals surface area (Å²) in [7, 11) is -1.57. The van der Waals surface area contributed by atoms with Crippen LogP contribution < -0.4 is 23.8 Å². The number of methoxy groups -OCH3 is 2. The molecule has 1 atom stereocenters. The molecule has 0 aromatic heterocycles. The fourth-order valence-corrected chi connectivity index (χ4v) is 6.79. The van der Waals surface area contributed by atoms with E-state index in [9.17, 15) is 22.4 Å². The second kappa shape index (κ2) is 18.1. The summed E-state index contributed by atoms with van der Waals surface area (Å²) in [4.78, 5) is 29.7. The lowest BCUT2D eigenvalue weighted by Crippen LogP contribution is -2.53. The van der Waals surface area contributed by atoms with Crippen molar-refractivity contribution >= 4 is 27.5 Å². The van der Waals surface area contributed by atoms with Gasteiger partial charge in [-0.05, 0) is 73.0 Å². The average molecular weight is 706 g/mol. The van der Waals surface area contributed by atoms with Crippen molar-refractivity contribution in [2.24, 2.45) is 0 Å². The number of anilines is 1. The lowest BCUT2D eigenvalue weighted by atomic mass is 10.0. The number of halogens is 1. The minimum atomic E-state index is -4.41. The second-order valence-electron chi connectivity index (χ2n) is 11.5. The third kappa shape index (κ3) is 9.75.